The first-order chi connectivity index (χ1) is 24.6. The molecule has 53 heavy (non-hydrogen) atoms. The Labute approximate surface area is 321 Å². The van der Waals surface area contributed by atoms with Gasteiger partial charge in [0.15, 0.2) is 6.10 Å². The van der Waals surface area contributed by atoms with Gasteiger partial charge in [-0.15, -0.1) is 6.42 Å². The number of aliphatic hydroxyl groups excluding tert-OH is 4. The SMILES string of the molecule is C#CC#CC#CC#CC(=O)OC[C@H](COP(=O)(O)OC1C(O)[C@@H](O)C(OP(=O)(O)O)[C@@H](O)[C@H]1O)OC(=O)CCCCCCCCCCCCCCC.N.[HH].[HH].[HH].[HH].[HH].[HH].[HH]. The van der Waals surface area contributed by atoms with E-state index >= 15 is 0 Å². The summed E-state index contributed by atoms with van der Waals surface area (Å²) in [4.78, 5) is 52.9. The molecule has 0 aromatic heterocycles. The van der Waals surface area contributed by atoms with E-state index in [0.29, 0.717) is 6.42 Å². The molecule has 314 valence electrons. The number of phosphoric ester groups is 2. The average molecular weight is 808 g/mol. The van der Waals surface area contributed by atoms with Gasteiger partial charge in [0.2, 0.25) is 0 Å². The minimum Gasteiger partial charge on any atom is -0.456 e. The van der Waals surface area contributed by atoms with Crippen molar-refractivity contribution in [1.29, 1.82) is 0 Å². The molecule has 0 aliphatic heterocycles. The Morgan fingerprint density at radius 3 is 1.64 bits per heavy atom. The average Bonchev–Trinajstić information content (AvgIpc) is 3.08. The van der Waals surface area contributed by atoms with Gasteiger partial charge in [0.1, 0.15) is 43.2 Å². The van der Waals surface area contributed by atoms with Crippen molar-refractivity contribution in [2.24, 2.45) is 0 Å². The lowest BCUT2D eigenvalue weighted by Gasteiger charge is -2.43. The topological polar surface area (TPSA) is 291 Å². The molecular weight excluding hydrogens is 740 g/mol. The van der Waals surface area contributed by atoms with Crippen LogP contribution in [-0.4, -0.2) is 103 Å². The second kappa shape index (κ2) is 27.7. The zero-order chi connectivity index (χ0) is 39.0. The molecule has 0 aromatic carbocycles. The summed E-state index contributed by atoms with van der Waals surface area (Å²) in [6, 6.07) is 0. The molecule has 0 heterocycles. The third kappa shape index (κ3) is 22.9. The monoisotopic (exact) mass is 807 g/mol. The maximum absolute atomic E-state index is 12.7. The fourth-order valence-electron chi connectivity index (χ4n) is 5.02. The molecule has 1 rings (SSSR count). The highest BCUT2D eigenvalue weighted by atomic mass is 31.2. The van der Waals surface area contributed by atoms with Crippen molar-refractivity contribution >= 4 is 27.6 Å². The Morgan fingerprint density at radius 1 is 0.698 bits per heavy atom. The zero-order valence-electron chi connectivity index (χ0n) is 29.8. The normalized spacial score (nSPS) is 22.4. The summed E-state index contributed by atoms with van der Waals surface area (Å²) < 4.78 is 48.0. The second-order valence-corrected chi connectivity index (χ2v) is 14.6. The number of esters is 2. The van der Waals surface area contributed by atoms with E-state index in [2.05, 4.69) is 41.0 Å². The van der Waals surface area contributed by atoms with Crippen LogP contribution in [0.3, 0.4) is 0 Å². The van der Waals surface area contributed by atoms with E-state index in [-0.39, 0.29) is 22.6 Å². The molecular formula is C34H67NO16P2. The predicted octanol–water partition coefficient (Wildman–Crippen LogP) is 3.89. The van der Waals surface area contributed by atoms with E-state index in [4.69, 9.17) is 34.7 Å². The molecule has 0 spiro atoms. The van der Waals surface area contributed by atoms with Gasteiger partial charge in [-0.3, -0.25) is 18.4 Å². The Hall–Kier alpha value is -2.80. The van der Waals surface area contributed by atoms with Gasteiger partial charge >= 0.3 is 27.6 Å². The van der Waals surface area contributed by atoms with Crippen LogP contribution < -0.4 is 6.15 Å². The van der Waals surface area contributed by atoms with Crippen LogP contribution in [-0.2, 0) is 41.8 Å². The maximum atomic E-state index is 12.7. The number of aliphatic hydroxyl groups is 4. The van der Waals surface area contributed by atoms with Gasteiger partial charge in [-0.25, -0.2) is 13.9 Å². The summed E-state index contributed by atoms with van der Waals surface area (Å²) >= 11 is 0. The third-order valence-corrected chi connectivity index (χ3v) is 9.16. The molecule has 19 heteroatoms. The van der Waals surface area contributed by atoms with E-state index in [1.807, 2.05) is 11.8 Å². The van der Waals surface area contributed by atoms with Gasteiger partial charge in [-0.05, 0) is 41.9 Å². The quantitative estimate of drug-likeness (QED) is 0.0226. The van der Waals surface area contributed by atoms with Gasteiger partial charge in [0.05, 0.1) is 6.61 Å². The molecule has 1 saturated carbocycles. The van der Waals surface area contributed by atoms with Crippen LogP contribution in [0.1, 0.15) is 107 Å². The molecule has 4 unspecified atom stereocenters. The molecule has 1 fully saturated rings. The van der Waals surface area contributed by atoms with Gasteiger partial charge < -0.3 is 50.7 Å². The molecule has 1 aliphatic rings. The number of hydrogen-bond donors (Lipinski definition) is 8. The first-order valence-electron chi connectivity index (χ1n) is 17.1. The number of carbonyl (C=O) groups is 2. The molecule has 0 aromatic rings. The molecule has 0 saturated heterocycles. The number of terminal acetylenes is 1. The summed E-state index contributed by atoms with van der Waals surface area (Å²) in [6.45, 7) is 0.575. The predicted molar refractivity (Wildman–Crippen MR) is 205 cm³/mol. The van der Waals surface area contributed by atoms with E-state index in [0.717, 1.165) is 32.1 Å². The Bertz CT molecular complexity index is 1440. The van der Waals surface area contributed by atoms with Crippen LogP contribution in [0.15, 0.2) is 0 Å². The molecule has 8 atom stereocenters. The fourth-order valence-corrected chi connectivity index (χ4v) is 6.55. The van der Waals surface area contributed by atoms with Crippen molar-refractivity contribution in [3.8, 4) is 47.9 Å². The van der Waals surface area contributed by atoms with Crippen molar-refractivity contribution in [2.45, 2.75) is 140 Å². The van der Waals surface area contributed by atoms with Crippen molar-refractivity contribution in [3.05, 3.63) is 0 Å². The Balaban J connectivity index is -0.000000563. The molecule has 1 aliphatic carbocycles. The summed E-state index contributed by atoms with van der Waals surface area (Å²) in [7, 11) is -10.6. The van der Waals surface area contributed by atoms with Crippen molar-refractivity contribution < 1.29 is 86.9 Å². The van der Waals surface area contributed by atoms with Gasteiger partial charge in [0.25, 0.3) is 0 Å². The van der Waals surface area contributed by atoms with Gasteiger partial charge in [-0.1, -0.05) is 84.0 Å². The highest BCUT2D eigenvalue weighted by molar-refractivity contribution is 7.47. The number of hydrogen-bond acceptors (Lipinski definition) is 14. The minimum atomic E-state index is -5.32. The molecule has 0 amide bonds. The van der Waals surface area contributed by atoms with E-state index in [1.54, 1.807) is 0 Å². The number of rotatable bonds is 24. The Kier molecular flexibility index (Phi) is 26.3. The van der Waals surface area contributed by atoms with E-state index in [9.17, 15) is 44.0 Å². The smallest absolute Gasteiger partial charge is 0.456 e. The highest BCUT2D eigenvalue weighted by Gasteiger charge is 2.54. The van der Waals surface area contributed by atoms with Crippen LogP contribution in [0.5, 0.6) is 0 Å². The molecule has 10 N–H and O–H groups in total. The summed E-state index contributed by atoms with van der Waals surface area (Å²) in [5.74, 6) is 13.4. The van der Waals surface area contributed by atoms with Crippen LogP contribution in [0.2, 0.25) is 0 Å². The number of carbonyl (C=O) groups excluding carboxylic acids is 2. The summed E-state index contributed by atoms with van der Waals surface area (Å²) in [6.07, 6.45) is 4.08. The van der Waals surface area contributed by atoms with Crippen LogP contribution >= 0.6 is 15.6 Å². The van der Waals surface area contributed by atoms with Crippen molar-refractivity contribution in [1.82, 2.24) is 6.15 Å². The number of ether oxygens (including phenoxy) is 2. The lowest BCUT2D eigenvalue weighted by Crippen LogP contribution is -2.64. The lowest BCUT2D eigenvalue weighted by atomic mass is 9.85. The van der Waals surface area contributed by atoms with Crippen LogP contribution in [0.4, 0.5) is 0 Å². The van der Waals surface area contributed by atoms with Gasteiger partial charge in [0, 0.05) is 22.3 Å². The standard InChI is InChI=1S/C34H50O16P2.H3N.7H2/c1-3-5-7-9-11-12-13-14-15-16-17-19-21-23-28(36)48-26(24-46-27(35)22-20-18-10-8-6-4-2)25-47-52(44,45)50-34-31(39)29(37)33(30(38)32(34)40)49-51(41,42)43;;;;;;;;/h2,26,29-34,37-40H,3,5,7,9,11-17,19,21,23-25H2,1H3,(H,44,45)(H2,41,42,43);1H3;7*1H/t26-,29-,30+,31?,32-,33?,34?;;;;;;;;/m1......../s1. The third-order valence-electron chi connectivity index (χ3n) is 7.65. The second-order valence-electron chi connectivity index (χ2n) is 12.0. The van der Waals surface area contributed by atoms with E-state index < -0.39 is 83.5 Å². The lowest BCUT2D eigenvalue weighted by molar-refractivity contribution is -0.216. The first kappa shape index (κ1) is 50.2. The number of phosphoric acid groups is 2. The van der Waals surface area contributed by atoms with Crippen molar-refractivity contribution in [3.63, 3.8) is 0 Å². The fraction of sp³-hybridized carbons (Fsp3) is 0.706. The zero-order valence-corrected chi connectivity index (χ0v) is 31.6. The Morgan fingerprint density at radius 2 is 1.15 bits per heavy atom. The first-order valence-corrected chi connectivity index (χ1v) is 20.1. The maximum Gasteiger partial charge on any atom is 0.472 e. The van der Waals surface area contributed by atoms with Crippen LogP contribution in [0.25, 0.3) is 0 Å². The highest BCUT2D eigenvalue weighted by Crippen LogP contribution is 2.48. The molecule has 0 radical (unpaired) electrons. The summed E-state index contributed by atoms with van der Waals surface area (Å²) in [5, 5.41) is 41.0. The molecule has 17 nitrogen and oxygen atoms in total. The van der Waals surface area contributed by atoms with Gasteiger partial charge in [-0.2, -0.15) is 0 Å². The van der Waals surface area contributed by atoms with Crippen LogP contribution in [0, 0.1) is 47.9 Å². The van der Waals surface area contributed by atoms with E-state index in [1.165, 1.54) is 44.9 Å². The largest absolute Gasteiger partial charge is 0.472 e. The van der Waals surface area contributed by atoms with Crippen molar-refractivity contribution in [2.75, 3.05) is 13.2 Å². The minimum absolute atomic E-state index is 0. The molecule has 0 bridgehead atoms. The number of unbranched alkanes of at least 4 members (excludes halogenated alkanes) is 12. The summed E-state index contributed by atoms with van der Waals surface area (Å²) in [5.41, 5.74) is 0.